The quantitative estimate of drug-likeness (QED) is 0.675. The van der Waals surface area contributed by atoms with Gasteiger partial charge >= 0.3 is 0 Å². The van der Waals surface area contributed by atoms with Gasteiger partial charge in [-0.2, -0.15) is 0 Å². The molecule has 1 fully saturated rings. The summed E-state index contributed by atoms with van der Waals surface area (Å²) in [5.41, 5.74) is 6.96. The van der Waals surface area contributed by atoms with E-state index in [1.165, 1.54) is 5.56 Å². The lowest BCUT2D eigenvalue weighted by molar-refractivity contribution is -0.119. The SMILES string of the molecule is NC(=O)COc1ccc(C(=O)N2CCC(OCCCc3ccccc3)C2)cc1. The Bertz CT molecular complexity index is 777. The Kier molecular flexibility index (Phi) is 7.03. The molecule has 0 aliphatic carbocycles. The monoisotopic (exact) mass is 382 g/mol. The summed E-state index contributed by atoms with van der Waals surface area (Å²) in [5, 5.41) is 0. The minimum Gasteiger partial charge on any atom is -0.484 e. The number of rotatable bonds is 9. The van der Waals surface area contributed by atoms with Gasteiger partial charge in [0.2, 0.25) is 0 Å². The molecule has 1 heterocycles. The third-order valence-corrected chi connectivity index (χ3v) is 4.72. The zero-order valence-electron chi connectivity index (χ0n) is 15.9. The van der Waals surface area contributed by atoms with E-state index in [0.717, 1.165) is 19.3 Å². The molecule has 0 radical (unpaired) electrons. The largest absolute Gasteiger partial charge is 0.484 e. The lowest BCUT2D eigenvalue weighted by atomic mass is 10.1. The number of amides is 2. The second-order valence-electron chi connectivity index (χ2n) is 6.90. The van der Waals surface area contributed by atoms with Crippen molar-refractivity contribution in [2.75, 3.05) is 26.3 Å². The molecule has 1 aliphatic rings. The molecule has 0 saturated carbocycles. The number of carbonyl (C=O) groups excluding carboxylic acids is 2. The molecule has 28 heavy (non-hydrogen) atoms. The second-order valence-corrected chi connectivity index (χ2v) is 6.90. The number of hydrogen-bond donors (Lipinski definition) is 1. The summed E-state index contributed by atoms with van der Waals surface area (Å²) >= 11 is 0. The van der Waals surface area contributed by atoms with Crippen LogP contribution in [0.5, 0.6) is 5.75 Å². The number of hydrogen-bond acceptors (Lipinski definition) is 4. The lowest BCUT2D eigenvalue weighted by Crippen LogP contribution is -2.30. The number of benzene rings is 2. The molecule has 2 aromatic carbocycles. The first kappa shape index (κ1) is 19.9. The first-order valence-electron chi connectivity index (χ1n) is 9.58. The summed E-state index contributed by atoms with van der Waals surface area (Å²) < 4.78 is 11.2. The molecule has 1 unspecified atom stereocenters. The van der Waals surface area contributed by atoms with E-state index >= 15 is 0 Å². The van der Waals surface area contributed by atoms with Crippen LogP contribution < -0.4 is 10.5 Å². The Hall–Kier alpha value is -2.86. The third-order valence-electron chi connectivity index (χ3n) is 4.72. The summed E-state index contributed by atoms with van der Waals surface area (Å²) in [4.78, 5) is 25.2. The predicted octanol–water partition coefficient (Wildman–Crippen LogP) is 2.41. The van der Waals surface area contributed by atoms with E-state index in [9.17, 15) is 9.59 Å². The molecule has 3 rings (SSSR count). The van der Waals surface area contributed by atoms with Gasteiger partial charge in [0.25, 0.3) is 11.8 Å². The fraction of sp³-hybridized carbons (Fsp3) is 0.364. The number of likely N-dealkylation sites (tertiary alicyclic amines) is 1. The molecule has 2 amide bonds. The summed E-state index contributed by atoms with van der Waals surface area (Å²) in [7, 11) is 0. The maximum atomic E-state index is 12.6. The van der Waals surface area contributed by atoms with Crippen molar-refractivity contribution in [2.24, 2.45) is 5.73 Å². The standard InChI is InChI=1S/C22H26N2O4/c23-21(25)16-28-19-10-8-18(9-11-19)22(26)24-13-12-20(15-24)27-14-4-7-17-5-2-1-3-6-17/h1-3,5-6,8-11,20H,4,7,12-16H2,(H2,23,25). The molecule has 0 aromatic heterocycles. The van der Waals surface area contributed by atoms with Crippen LogP contribution in [0, 0.1) is 0 Å². The molecule has 148 valence electrons. The van der Waals surface area contributed by atoms with Gasteiger partial charge in [0.05, 0.1) is 6.10 Å². The van der Waals surface area contributed by atoms with Crippen LogP contribution in [-0.4, -0.2) is 49.1 Å². The van der Waals surface area contributed by atoms with Gasteiger partial charge in [-0.3, -0.25) is 9.59 Å². The third kappa shape index (κ3) is 5.82. The van der Waals surface area contributed by atoms with Crippen molar-refractivity contribution in [3.63, 3.8) is 0 Å². The summed E-state index contributed by atoms with van der Waals surface area (Å²) in [5.74, 6) is -0.0414. The van der Waals surface area contributed by atoms with Crippen molar-refractivity contribution < 1.29 is 19.1 Å². The maximum Gasteiger partial charge on any atom is 0.255 e. The number of nitrogens with zero attached hydrogens (tertiary/aromatic N) is 1. The Morgan fingerprint density at radius 3 is 2.54 bits per heavy atom. The molecule has 1 saturated heterocycles. The molecule has 2 aromatic rings. The number of primary amides is 1. The molecule has 0 spiro atoms. The van der Waals surface area contributed by atoms with Gasteiger partial charge in [-0.05, 0) is 49.1 Å². The van der Waals surface area contributed by atoms with Gasteiger partial charge in [-0.15, -0.1) is 0 Å². The smallest absolute Gasteiger partial charge is 0.255 e. The Morgan fingerprint density at radius 1 is 1.07 bits per heavy atom. The second kappa shape index (κ2) is 9.90. The minimum atomic E-state index is -0.535. The van der Waals surface area contributed by atoms with Gasteiger partial charge in [-0.25, -0.2) is 0 Å². The fourth-order valence-corrected chi connectivity index (χ4v) is 3.25. The van der Waals surface area contributed by atoms with E-state index in [1.807, 2.05) is 23.1 Å². The van der Waals surface area contributed by atoms with Crippen LogP contribution in [0.15, 0.2) is 54.6 Å². The van der Waals surface area contributed by atoms with E-state index in [0.29, 0.717) is 31.0 Å². The zero-order chi connectivity index (χ0) is 19.8. The van der Waals surface area contributed by atoms with Crippen LogP contribution in [0.3, 0.4) is 0 Å². The predicted molar refractivity (Wildman–Crippen MR) is 106 cm³/mol. The van der Waals surface area contributed by atoms with Crippen LogP contribution in [0.25, 0.3) is 0 Å². The molecular weight excluding hydrogens is 356 g/mol. The number of ether oxygens (including phenoxy) is 2. The molecule has 2 N–H and O–H groups in total. The van der Waals surface area contributed by atoms with Crippen LogP contribution in [0.2, 0.25) is 0 Å². The average Bonchev–Trinajstić information content (AvgIpc) is 3.19. The molecule has 6 nitrogen and oxygen atoms in total. The van der Waals surface area contributed by atoms with Crippen molar-refractivity contribution in [2.45, 2.75) is 25.4 Å². The van der Waals surface area contributed by atoms with Crippen molar-refractivity contribution in [1.82, 2.24) is 4.90 Å². The van der Waals surface area contributed by atoms with Gasteiger partial charge in [0, 0.05) is 25.3 Å². The molecule has 1 aliphatic heterocycles. The lowest BCUT2D eigenvalue weighted by Gasteiger charge is -2.17. The van der Waals surface area contributed by atoms with Crippen LogP contribution in [-0.2, 0) is 16.0 Å². The molecule has 0 bridgehead atoms. The van der Waals surface area contributed by atoms with E-state index in [2.05, 4.69) is 12.1 Å². The van der Waals surface area contributed by atoms with Crippen molar-refractivity contribution in [3.05, 3.63) is 65.7 Å². The van der Waals surface area contributed by atoms with Gasteiger partial charge < -0.3 is 20.1 Å². The van der Waals surface area contributed by atoms with Gasteiger partial charge in [0.15, 0.2) is 6.61 Å². The highest BCUT2D eigenvalue weighted by Crippen LogP contribution is 2.19. The topological polar surface area (TPSA) is 81.9 Å². The van der Waals surface area contributed by atoms with Gasteiger partial charge in [0.1, 0.15) is 5.75 Å². The van der Waals surface area contributed by atoms with E-state index in [-0.39, 0.29) is 18.6 Å². The zero-order valence-corrected chi connectivity index (χ0v) is 15.9. The van der Waals surface area contributed by atoms with Gasteiger partial charge in [-0.1, -0.05) is 30.3 Å². The number of nitrogens with two attached hydrogens (primary N) is 1. The highest BCUT2D eigenvalue weighted by atomic mass is 16.5. The van der Waals surface area contributed by atoms with Crippen molar-refractivity contribution in [1.29, 1.82) is 0 Å². The summed E-state index contributed by atoms with van der Waals surface area (Å²) in [6.45, 7) is 1.84. The summed E-state index contributed by atoms with van der Waals surface area (Å²) in [6, 6.07) is 17.1. The highest BCUT2D eigenvalue weighted by Gasteiger charge is 2.27. The van der Waals surface area contributed by atoms with E-state index < -0.39 is 5.91 Å². The fourth-order valence-electron chi connectivity index (χ4n) is 3.25. The number of carbonyl (C=O) groups is 2. The first-order valence-corrected chi connectivity index (χ1v) is 9.58. The minimum absolute atomic E-state index is 0.0168. The Labute approximate surface area is 165 Å². The van der Waals surface area contributed by atoms with Crippen LogP contribution >= 0.6 is 0 Å². The van der Waals surface area contributed by atoms with Crippen LogP contribution in [0.4, 0.5) is 0 Å². The maximum absolute atomic E-state index is 12.6. The number of aryl methyl sites for hydroxylation is 1. The molecular formula is C22H26N2O4. The molecule has 6 heteroatoms. The van der Waals surface area contributed by atoms with Crippen LogP contribution in [0.1, 0.15) is 28.8 Å². The molecule has 1 atom stereocenters. The Balaban J connectivity index is 1.40. The Morgan fingerprint density at radius 2 is 1.82 bits per heavy atom. The normalized spacial score (nSPS) is 16.1. The van der Waals surface area contributed by atoms with E-state index in [1.54, 1.807) is 24.3 Å². The van der Waals surface area contributed by atoms with E-state index in [4.69, 9.17) is 15.2 Å². The summed E-state index contributed by atoms with van der Waals surface area (Å²) in [6.07, 6.45) is 2.93. The first-order chi connectivity index (χ1) is 13.6. The highest BCUT2D eigenvalue weighted by molar-refractivity contribution is 5.94. The van der Waals surface area contributed by atoms with Crippen molar-refractivity contribution >= 4 is 11.8 Å². The average molecular weight is 382 g/mol. The van der Waals surface area contributed by atoms with Crippen molar-refractivity contribution in [3.8, 4) is 5.75 Å².